The zero-order valence-corrected chi connectivity index (χ0v) is 17.8. The molecule has 1 N–H and O–H groups in total. The van der Waals surface area contributed by atoms with Crippen molar-refractivity contribution in [3.63, 3.8) is 0 Å². The number of benzene rings is 1. The predicted molar refractivity (Wildman–Crippen MR) is 120 cm³/mol. The van der Waals surface area contributed by atoms with E-state index in [-0.39, 0.29) is 11.5 Å². The molecule has 4 aromatic rings. The Kier molecular flexibility index (Phi) is 5.48. The molecule has 0 bridgehead atoms. The number of hydrogen-bond donors (Lipinski definition) is 1. The van der Waals surface area contributed by atoms with Crippen LogP contribution in [0.5, 0.6) is 0 Å². The van der Waals surface area contributed by atoms with Crippen molar-refractivity contribution >= 4 is 34.0 Å². The van der Waals surface area contributed by atoms with E-state index >= 15 is 0 Å². The molecule has 0 saturated heterocycles. The molecule has 3 aromatic heterocycles. The highest BCUT2D eigenvalue weighted by Gasteiger charge is 2.13. The number of aryl methyl sites for hydroxylation is 2. The van der Waals surface area contributed by atoms with Gasteiger partial charge in [-0.2, -0.15) is 0 Å². The number of carbonyl (C=O) groups is 1. The molecule has 0 aliphatic rings. The van der Waals surface area contributed by atoms with E-state index in [0.29, 0.717) is 27.1 Å². The number of nitrogens with zero attached hydrogens (tertiary/aromatic N) is 3. The average molecular weight is 437 g/mol. The number of hydrogen-bond acceptors (Lipinski definition) is 5. The molecule has 0 atom stereocenters. The standard InChI is InChI=1S/C22H17ClN4O2S/c1-13-9-14(2)24-18(10-13)19-12-30-22(25-19)26-21(29)15-3-8-20(28)27(11-15)17-6-4-16(23)5-7-17/h3-12H,1-2H3,(H,25,26,29). The maximum absolute atomic E-state index is 12.7. The minimum atomic E-state index is -0.355. The van der Waals surface area contributed by atoms with E-state index in [1.165, 1.54) is 34.2 Å². The van der Waals surface area contributed by atoms with Crippen molar-refractivity contribution in [1.82, 2.24) is 14.5 Å². The molecule has 3 heterocycles. The second kappa shape index (κ2) is 8.22. The molecule has 1 aromatic carbocycles. The third-order valence-electron chi connectivity index (χ3n) is 4.36. The molecule has 8 heteroatoms. The summed E-state index contributed by atoms with van der Waals surface area (Å²) in [4.78, 5) is 33.9. The highest BCUT2D eigenvalue weighted by molar-refractivity contribution is 7.14. The zero-order chi connectivity index (χ0) is 21.3. The van der Waals surface area contributed by atoms with Crippen molar-refractivity contribution in [1.29, 1.82) is 0 Å². The van der Waals surface area contributed by atoms with Crippen LogP contribution < -0.4 is 10.9 Å². The lowest BCUT2D eigenvalue weighted by atomic mass is 10.2. The van der Waals surface area contributed by atoms with Crippen LogP contribution in [0.1, 0.15) is 21.6 Å². The van der Waals surface area contributed by atoms with Crippen molar-refractivity contribution in [2.45, 2.75) is 13.8 Å². The molecule has 0 aliphatic heterocycles. The molecule has 0 saturated carbocycles. The first-order valence-electron chi connectivity index (χ1n) is 9.10. The van der Waals surface area contributed by atoms with Gasteiger partial charge in [-0.25, -0.2) is 4.98 Å². The lowest BCUT2D eigenvalue weighted by Crippen LogP contribution is -2.20. The van der Waals surface area contributed by atoms with Crippen LogP contribution in [0.15, 0.2) is 64.9 Å². The van der Waals surface area contributed by atoms with Gasteiger partial charge in [0.1, 0.15) is 5.69 Å². The van der Waals surface area contributed by atoms with E-state index in [0.717, 1.165) is 17.0 Å². The Morgan fingerprint density at radius 3 is 2.53 bits per heavy atom. The zero-order valence-electron chi connectivity index (χ0n) is 16.2. The van der Waals surface area contributed by atoms with Gasteiger partial charge >= 0.3 is 0 Å². The molecular formula is C22H17ClN4O2S. The minimum Gasteiger partial charge on any atom is -0.298 e. The van der Waals surface area contributed by atoms with Crippen LogP contribution in [-0.2, 0) is 0 Å². The van der Waals surface area contributed by atoms with Gasteiger partial charge < -0.3 is 0 Å². The van der Waals surface area contributed by atoms with Gasteiger partial charge in [0.2, 0.25) is 0 Å². The molecule has 0 fully saturated rings. The summed E-state index contributed by atoms with van der Waals surface area (Å²) in [6, 6.07) is 13.6. The van der Waals surface area contributed by atoms with Gasteiger partial charge in [-0.05, 0) is 61.9 Å². The van der Waals surface area contributed by atoms with Crippen LogP contribution in [0.2, 0.25) is 5.02 Å². The van der Waals surface area contributed by atoms with Gasteiger partial charge in [-0.1, -0.05) is 11.6 Å². The summed E-state index contributed by atoms with van der Waals surface area (Å²) >= 11 is 7.23. The number of thiazole rings is 1. The number of pyridine rings is 2. The van der Waals surface area contributed by atoms with Crippen LogP contribution in [0.3, 0.4) is 0 Å². The van der Waals surface area contributed by atoms with E-state index in [2.05, 4.69) is 15.3 Å². The van der Waals surface area contributed by atoms with Gasteiger partial charge in [-0.15, -0.1) is 11.3 Å². The van der Waals surface area contributed by atoms with Gasteiger partial charge in [0.25, 0.3) is 11.5 Å². The Labute approximate surface area is 181 Å². The monoisotopic (exact) mass is 436 g/mol. The van der Waals surface area contributed by atoms with Gasteiger partial charge in [0.05, 0.1) is 11.3 Å². The maximum Gasteiger partial charge on any atom is 0.258 e. The highest BCUT2D eigenvalue weighted by atomic mass is 35.5. The smallest absolute Gasteiger partial charge is 0.258 e. The van der Waals surface area contributed by atoms with E-state index < -0.39 is 0 Å². The second-order valence-electron chi connectivity index (χ2n) is 6.77. The highest BCUT2D eigenvalue weighted by Crippen LogP contribution is 2.25. The Bertz CT molecular complexity index is 1270. The Hall–Kier alpha value is -3.29. The molecule has 0 aliphatic carbocycles. The molecule has 4 rings (SSSR count). The average Bonchev–Trinajstić information content (AvgIpc) is 3.17. The second-order valence-corrected chi connectivity index (χ2v) is 8.06. The lowest BCUT2D eigenvalue weighted by Gasteiger charge is -2.08. The third-order valence-corrected chi connectivity index (χ3v) is 5.37. The number of carbonyl (C=O) groups excluding carboxylic acids is 1. The van der Waals surface area contributed by atoms with Crippen molar-refractivity contribution in [3.05, 3.63) is 92.3 Å². The predicted octanol–water partition coefficient (Wildman–Crippen LogP) is 4.88. The van der Waals surface area contributed by atoms with Crippen molar-refractivity contribution in [2.24, 2.45) is 0 Å². The van der Waals surface area contributed by atoms with Crippen LogP contribution >= 0.6 is 22.9 Å². The molecule has 0 radical (unpaired) electrons. The summed E-state index contributed by atoms with van der Waals surface area (Å²) in [6.07, 6.45) is 1.50. The summed E-state index contributed by atoms with van der Waals surface area (Å²) in [5.41, 5.74) is 4.19. The number of aromatic nitrogens is 3. The molecule has 1 amide bonds. The first-order chi connectivity index (χ1) is 14.4. The first-order valence-corrected chi connectivity index (χ1v) is 10.4. The third kappa shape index (κ3) is 4.32. The molecule has 150 valence electrons. The van der Waals surface area contributed by atoms with Crippen molar-refractivity contribution < 1.29 is 4.79 Å². The maximum atomic E-state index is 12.7. The van der Waals surface area contributed by atoms with Crippen molar-refractivity contribution in [2.75, 3.05) is 5.32 Å². The van der Waals surface area contributed by atoms with Crippen molar-refractivity contribution in [3.8, 4) is 17.1 Å². The fourth-order valence-corrected chi connectivity index (χ4v) is 3.84. The topological polar surface area (TPSA) is 76.9 Å². The fraction of sp³-hybridized carbons (Fsp3) is 0.0909. The molecule has 6 nitrogen and oxygen atoms in total. The van der Waals surface area contributed by atoms with Crippen LogP contribution in [-0.4, -0.2) is 20.4 Å². The first kappa shape index (κ1) is 20.0. The fourth-order valence-electron chi connectivity index (χ4n) is 3.02. The Morgan fingerprint density at radius 1 is 1.03 bits per heavy atom. The number of amides is 1. The summed E-state index contributed by atoms with van der Waals surface area (Å²) in [5.74, 6) is -0.355. The summed E-state index contributed by atoms with van der Waals surface area (Å²) < 4.78 is 1.40. The largest absolute Gasteiger partial charge is 0.298 e. The molecule has 0 unspecified atom stereocenters. The van der Waals surface area contributed by atoms with Crippen LogP contribution in [0, 0.1) is 13.8 Å². The number of anilines is 1. The lowest BCUT2D eigenvalue weighted by molar-refractivity contribution is 0.102. The van der Waals surface area contributed by atoms with E-state index in [1.807, 2.05) is 31.4 Å². The van der Waals surface area contributed by atoms with E-state index in [9.17, 15) is 9.59 Å². The van der Waals surface area contributed by atoms with Gasteiger partial charge in [0.15, 0.2) is 5.13 Å². The van der Waals surface area contributed by atoms with E-state index in [1.54, 1.807) is 24.3 Å². The number of halogens is 1. The normalized spacial score (nSPS) is 10.8. The van der Waals surface area contributed by atoms with Crippen LogP contribution in [0.25, 0.3) is 17.1 Å². The number of rotatable bonds is 4. The van der Waals surface area contributed by atoms with Gasteiger partial charge in [0, 0.05) is 34.0 Å². The Balaban J connectivity index is 1.57. The summed E-state index contributed by atoms with van der Waals surface area (Å²) in [7, 11) is 0. The van der Waals surface area contributed by atoms with Gasteiger partial charge in [-0.3, -0.25) is 24.5 Å². The Morgan fingerprint density at radius 2 is 1.80 bits per heavy atom. The SMILES string of the molecule is Cc1cc(C)nc(-c2csc(NC(=O)c3ccc(=O)n(-c4ccc(Cl)cc4)c3)n2)c1. The molecule has 30 heavy (non-hydrogen) atoms. The molecule has 0 spiro atoms. The minimum absolute atomic E-state index is 0.244. The van der Waals surface area contributed by atoms with E-state index in [4.69, 9.17) is 11.6 Å². The number of nitrogens with one attached hydrogen (secondary N) is 1. The molecular weight excluding hydrogens is 420 g/mol. The quantitative estimate of drug-likeness (QED) is 0.494. The van der Waals surface area contributed by atoms with Crippen LogP contribution in [0.4, 0.5) is 5.13 Å². The summed E-state index contributed by atoms with van der Waals surface area (Å²) in [6.45, 7) is 3.93. The summed E-state index contributed by atoms with van der Waals surface area (Å²) in [5, 5.41) is 5.67.